The van der Waals surface area contributed by atoms with Gasteiger partial charge in [0.05, 0.1) is 26.2 Å². The maximum atomic E-state index is 12.3. The summed E-state index contributed by atoms with van der Waals surface area (Å²) in [6.45, 7) is 5.56. The lowest BCUT2D eigenvalue weighted by Crippen LogP contribution is -3.15. The number of urea groups is 1. The van der Waals surface area contributed by atoms with E-state index in [1.165, 1.54) is 12.8 Å². The molecule has 0 saturated carbocycles. The molecule has 120 valence electrons. The van der Waals surface area contributed by atoms with Gasteiger partial charge in [-0.2, -0.15) is 0 Å². The average molecular weight is 325 g/mol. The largest absolute Gasteiger partial charge is 0.372 e. The molecule has 0 spiro atoms. The first-order valence-corrected chi connectivity index (χ1v) is 8.35. The van der Waals surface area contributed by atoms with Gasteiger partial charge in [0.1, 0.15) is 12.6 Å². The number of quaternary nitrogens is 1. The van der Waals surface area contributed by atoms with Crippen LogP contribution in [0.2, 0.25) is 5.02 Å². The Hall–Kier alpha value is -1.30. The number of anilines is 1. The molecule has 2 amide bonds. The summed E-state index contributed by atoms with van der Waals surface area (Å²) in [7, 11) is 0. The molecule has 1 aromatic rings. The summed E-state index contributed by atoms with van der Waals surface area (Å²) in [5, 5.41) is 3.59. The second-order valence-corrected chi connectivity index (χ2v) is 6.45. The Bertz CT molecular complexity index is 495. The second kappa shape index (κ2) is 7.31. The first kappa shape index (κ1) is 15.6. The number of hydrogen-bond acceptors (Lipinski definition) is 2. The van der Waals surface area contributed by atoms with Crippen LogP contribution < -0.4 is 10.2 Å². The third-order valence-corrected chi connectivity index (χ3v) is 4.65. The van der Waals surface area contributed by atoms with E-state index in [1.54, 1.807) is 17.0 Å². The van der Waals surface area contributed by atoms with Crippen LogP contribution in [0.15, 0.2) is 24.3 Å². The van der Waals surface area contributed by atoms with E-state index in [0.717, 1.165) is 45.0 Å². The van der Waals surface area contributed by atoms with E-state index in [2.05, 4.69) is 5.32 Å². The first-order chi connectivity index (χ1) is 10.7. The molecule has 2 heterocycles. The number of halogens is 1. The summed E-state index contributed by atoms with van der Waals surface area (Å²) in [6.07, 6.45) is 2.79. The van der Waals surface area contributed by atoms with Gasteiger partial charge in [0.25, 0.3) is 0 Å². The fourth-order valence-electron chi connectivity index (χ4n) is 3.09. The molecule has 0 radical (unpaired) electrons. The number of benzene rings is 1. The van der Waals surface area contributed by atoms with E-state index in [4.69, 9.17) is 16.3 Å². The summed E-state index contributed by atoms with van der Waals surface area (Å²) in [5.74, 6) is 0. The van der Waals surface area contributed by atoms with Crippen molar-refractivity contribution in [2.45, 2.75) is 18.9 Å². The lowest BCUT2D eigenvalue weighted by molar-refractivity contribution is -0.906. The van der Waals surface area contributed by atoms with Gasteiger partial charge >= 0.3 is 6.03 Å². The SMILES string of the molecule is O=C(Nc1ccc(Cl)cc1)N1CC[NH+](C[C@@H]2CCCO2)CC1. The molecule has 2 aliphatic rings. The van der Waals surface area contributed by atoms with Crippen molar-refractivity contribution >= 4 is 23.3 Å². The van der Waals surface area contributed by atoms with E-state index in [9.17, 15) is 4.79 Å². The fourth-order valence-corrected chi connectivity index (χ4v) is 3.22. The van der Waals surface area contributed by atoms with Crippen LogP contribution in [0, 0.1) is 0 Å². The van der Waals surface area contributed by atoms with Gasteiger partial charge in [-0.3, -0.25) is 0 Å². The summed E-state index contributed by atoms with van der Waals surface area (Å²) in [5.41, 5.74) is 0.781. The minimum absolute atomic E-state index is 0.0292. The average Bonchev–Trinajstić information content (AvgIpc) is 3.03. The number of ether oxygens (including phenoxy) is 1. The highest BCUT2D eigenvalue weighted by Gasteiger charge is 2.27. The van der Waals surface area contributed by atoms with Gasteiger partial charge in [-0.05, 0) is 37.1 Å². The van der Waals surface area contributed by atoms with Gasteiger partial charge in [-0.1, -0.05) is 11.6 Å². The first-order valence-electron chi connectivity index (χ1n) is 7.97. The van der Waals surface area contributed by atoms with E-state index in [1.807, 2.05) is 17.0 Å². The molecular formula is C16H23ClN3O2+. The van der Waals surface area contributed by atoms with Crippen LogP contribution in [-0.4, -0.2) is 56.4 Å². The number of carbonyl (C=O) groups excluding carboxylic acids is 1. The molecule has 0 bridgehead atoms. The van der Waals surface area contributed by atoms with E-state index < -0.39 is 0 Å². The molecule has 3 rings (SSSR count). The van der Waals surface area contributed by atoms with Gasteiger partial charge in [0.2, 0.25) is 0 Å². The predicted octanol–water partition coefficient (Wildman–Crippen LogP) is 1.25. The van der Waals surface area contributed by atoms with Gasteiger partial charge in [0, 0.05) is 17.3 Å². The standard InChI is InChI=1S/C16H22ClN3O2/c17-13-3-5-14(6-4-13)18-16(21)20-9-7-19(8-10-20)12-15-2-1-11-22-15/h3-6,15H,1-2,7-12H2,(H,18,21)/p+1/t15-/m0/s1. The molecule has 6 heteroatoms. The van der Waals surface area contributed by atoms with Crippen molar-refractivity contribution in [2.24, 2.45) is 0 Å². The third-order valence-electron chi connectivity index (χ3n) is 4.39. The summed E-state index contributed by atoms with van der Waals surface area (Å²) >= 11 is 5.85. The maximum Gasteiger partial charge on any atom is 0.322 e. The van der Waals surface area contributed by atoms with Crippen LogP contribution >= 0.6 is 11.6 Å². The van der Waals surface area contributed by atoms with Crippen LogP contribution in [0.5, 0.6) is 0 Å². The van der Waals surface area contributed by atoms with Crippen molar-refractivity contribution in [2.75, 3.05) is 44.6 Å². The Balaban J connectivity index is 1.44. The summed E-state index contributed by atoms with van der Waals surface area (Å²) in [4.78, 5) is 15.7. The molecule has 2 aliphatic heterocycles. The smallest absolute Gasteiger partial charge is 0.322 e. The zero-order valence-electron chi connectivity index (χ0n) is 12.7. The van der Waals surface area contributed by atoms with Crippen LogP contribution in [0.25, 0.3) is 0 Å². The van der Waals surface area contributed by atoms with Crippen LogP contribution in [0.3, 0.4) is 0 Å². The maximum absolute atomic E-state index is 12.3. The number of piperazine rings is 1. The van der Waals surface area contributed by atoms with E-state index >= 15 is 0 Å². The molecule has 1 atom stereocenters. The molecule has 2 N–H and O–H groups in total. The fraction of sp³-hybridized carbons (Fsp3) is 0.562. The number of nitrogens with one attached hydrogen (secondary N) is 2. The van der Waals surface area contributed by atoms with E-state index in [-0.39, 0.29) is 6.03 Å². The normalized spacial score (nSPS) is 22.8. The van der Waals surface area contributed by atoms with Gasteiger partial charge < -0.3 is 19.9 Å². The number of carbonyl (C=O) groups is 1. The number of hydrogen-bond donors (Lipinski definition) is 2. The Morgan fingerprint density at radius 2 is 2.05 bits per heavy atom. The lowest BCUT2D eigenvalue weighted by atomic mass is 10.2. The van der Waals surface area contributed by atoms with Crippen molar-refractivity contribution in [1.29, 1.82) is 0 Å². The van der Waals surface area contributed by atoms with Gasteiger partial charge in [-0.25, -0.2) is 4.79 Å². The lowest BCUT2D eigenvalue weighted by Gasteiger charge is -2.33. The quantitative estimate of drug-likeness (QED) is 0.879. The Kier molecular flexibility index (Phi) is 5.18. The summed E-state index contributed by atoms with van der Waals surface area (Å²) in [6, 6.07) is 7.17. The van der Waals surface area contributed by atoms with Gasteiger partial charge in [0.15, 0.2) is 0 Å². The predicted molar refractivity (Wildman–Crippen MR) is 86.6 cm³/mol. The van der Waals surface area contributed by atoms with Crippen molar-refractivity contribution in [1.82, 2.24) is 4.90 Å². The van der Waals surface area contributed by atoms with Crippen LogP contribution in [-0.2, 0) is 4.74 Å². The Morgan fingerprint density at radius 1 is 1.32 bits per heavy atom. The Labute approximate surface area is 136 Å². The molecule has 1 aromatic carbocycles. The minimum Gasteiger partial charge on any atom is -0.372 e. The molecule has 0 unspecified atom stereocenters. The van der Waals surface area contributed by atoms with Crippen molar-refractivity contribution in [3.8, 4) is 0 Å². The molecule has 5 nitrogen and oxygen atoms in total. The molecule has 2 saturated heterocycles. The highest BCUT2D eigenvalue weighted by Crippen LogP contribution is 2.14. The third kappa shape index (κ3) is 4.12. The molecule has 22 heavy (non-hydrogen) atoms. The van der Waals surface area contributed by atoms with Crippen molar-refractivity contribution < 1.29 is 14.4 Å². The van der Waals surface area contributed by atoms with Crippen LogP contribution in [0.4, 0.5) is 10.5 Å². The molecular weight excluding hydrogens is 302 g/mol. The van der Waals surface area contributed by atoms with Crippen molar-refractivity contribution in [3.05, 3.63) is 29.3 Å². The molecule has 0 aliphatic carbocycles. The Morgan fingerprint density at radius 3 is 2.68 bits per heavy atom. The number of nitrogens with zero attached hydrogens (tertiary/aromatic N) is 1. The van der Waals surface area contributed by atoms with Crippen LogP contribution in [0.1, 0.15) is 12.8 Å². The number of rotatable bonds is 3. The zero-order valence-corrected chi connectivity index (χ0v) is 13.4. The second-order valence-electron chi connectivity index (χ2n) is 6.01. The zero-order chi connectivity index (χ0) is 15.4. The van der Waals surface area contributed by atoms with Gasteiger partial charge in [-0.15, -0.1) is 0 Å². The topological polar surface area (TPSA) is 46.0 Å². The highest BCUT2D eigenvalue weighted by molar-refractivity contribution is 6.30. The van der Waals surface area contributed by atoms with Crippen molar-refractivity contribution in [3.63, 3.8) is 0 Å². The molecule has 2 fully saturated rings. The highest BCUT2D eigenvalue weighted by atomic mass is 35.5. The summed E-state index contributed by atoms with van der Waals surface area (Å²) < 4.78 is 5.69. The monoisotopic (exact) mass is 324 g/mol. The van der Waals surface area contributed by atoms with E-state index in [0.29, 0.717) is 11.1 Å². The molecule has 0 aromatic heterocycles. The number of amides is 2. The minimum atomic E-state index is -0.0292.